The first kappa shape index (κ1) is 22.4. The predicted octanol–water partition coefficient (Wildman–Crippen LogP) is 7.49. The lowest BCUT2D eigenvalue weighted by atomic mass is 9.73. The Balaban J connectivity index is 1.57. The molecule has 34 heavy (non-hydrogen) atoms. The van der Waals surface area contributed by atoms with Crippen molar-refractivity contribution in [2.24, 2.45) is 0 Å². The maximum Gasteiger partial charge on any atom is 0.416 e. The maximum atomic E-state index is 13.3. The Labute approximate surface area is 198 Å². The summed E-state index contributed by atoms with van der Waals surface area (Å²) in [6.45, 7) is 1.56. The van der Waals surface area contributed by atoms with E-state index in [1.807, 2.05) is 30.3 Å². The third-order valence-electron chi connectivity index (χ3n) is 6.99. The van der Waals surface area contributed by atoms with Crippen LogP contribution >= 0.6 is 0 Å². The molecule has 1 fully saturated rings. The quantitative estimate of drug-likeness (QED) is 0.300. The van der Waals surface area contributed by atoms with Gasteiger partial charge in [-0.3, -0.25) is 4.90 Å². The first-order valence-corrected chi connectivity index (χ1v) is 11.5. The molecule has 1 heterocycles. The second-order valence-corrected chi connectivity index (χ2v) is 8.97. The highest BCUT2D eigenvalue weighted by atomic mass is 19.4. The molecule has 172 valence electrons. The number of nitrogens with zero attached hydrogens (tertiary/aromatic N) is 1. The van der Waals surface area contributed by atoms with E-state index in [0.29, 0.717) is 0 Å². The topological polar surface area (TPSA) is 3.24 Å². The summed E-state index contributed by atoms with van der Waals surface area (Å²) in [5.74, 6) is 0. The first-order valence-electron chi connectivity index (χ1n) is 11.5. The molecule has 0 aliphatic carbocycles. The SMILES string of the molecule is FC(F)(F)c1ccc(C2(c3ccccc3)CCN(C(c3ccccc3)c3ccccc3)C2)cc1. The van der Waals surface area contributed by atoms with Crippen molar-refractivity contribution < 1.29 is 13.2 Å². The summed E-state index contributed by atoms with van der Waals surface area (Å²) in [6.07, 6.45) is -3.51. The van der Waals surface area contributed by atoms with Crippen LogP contribution in [0.4, 0.5) is 13.2 Å². The van der Waals surface area contributed by atoms with Crippen LogP contribution in [-0.4, -0.2) is 18.0 Å². The second-order valence-electron chi connectivity index (χ2n) is 8.97. The molecule has 5 rings (SSSR count). The summed E-state index contributed by atoms with van der Waals surface area (Å²) in [5, 5.41) is 0. The zero-order valence-corrected chi connectivity index (χ0v) is 18.7. The van der Waals surface area contributed by atoms with Gasteiger partial charge in [-0.2, -0.15) is 13.2 Å². The molecule has 0 radical (unpaired) electrons. The van der Waals surface area contributed by atoms with E-state index in [4.69, 9.17) is 0 Å². The molecule has 0 bridgehead atoms. The van der Waals surface area contributed by atoms with Crippen molar-refractivity contribution in [1.29, 1.82) is 0 Å². The van der Waals surface area contributed by atoms with Gasteiger partial charge in [-0.25, -0.2) is 0 Å². The van der Waals surface area contributed by atoms with Gasteiger partial charge in [0.2, 0.25) is 0 Å². The molecule has 1 atom stereocenters. The van der Waals surface area contributed by atoms with E-state index >= 15 is 0 Å². The maximum absolute atomic E-state index is 13.3. The number of hydrogen-bond acceptors (Lipinski definition) is 1. The molecule has 4 aromatic rings. The van der Waals surface area contributed by atoms with Crippen LogP contribution in [-0.2, 0) is 11.6 Å². The molecule has 0 aromatic heterocycles. The Morgan fingerprint density at radius 2 is 1.09 bits per heavy atom. The van der Waals surface area contributed by atoms with Crippen molar-refractivity contribution in [2.75, 3.05) is 13.1 Å². The first-order chi connectivity index (χ1) is 16.5. The molecule has 0 saturated carbocycles. The average Bonchev–Trinajstić information content (AvgIpc) is 3.32. The van der Waals surface area contributed by atoms with E-state index in [1.165, 1.54) is 23.3 Å². The summed E-state index contributed by atoms with van der Waals surface area (Å²) in [5.41, 5.74) is 3.50. The minimum absolute atomic E-state index is 0.0717. The van der Waals surface area contributed by atoms with Crippen LogP contribution in [0.25, 0.3) is 0 Å². The Morgan fingerprint density at radius 3 is 1.59 bits per heavy atom. The molecule has 1 aliphatic heterocycles. The summed E-state index contributed by atoms with van der Waals surface area (Å²) in [4.78, 5) is 2.47. The Bertz CT molecular complexity index is 1170. The van der Waals surface area contributed by atoms with Crippen LogP contribution in [0, 0.1) is 0 Å². The van der Waals surface area contributed by atoms with E-state index in [9.17, 15) is 13.2 Å². The van der Waals surface area contributed by atoms with Crippen molar-refractivity contribution in [1.82, 2.24) is 4.90 Å². The molecule has 0 amide bonds. The summed E-state index contributed by atoms with van der Waals surface area (Å²) in [6, 6.07) is 36.9. The van der Waals surface area contributed by atoms with Gasteiger partial charge >= 0.3 is 6.18 Å². The van der Waals surface area contributed by atoms with Crippen LogP contribution in [0.5, 0.6) is 0 Å². The van der Waals surface area contributed by atoms with Gasteiger partial charge in [-0.1, -0.05) is 103 Å². The zero-order valence-electron chi connectivity index (χ0n) is 18.7. The van der Waals surface area contributed by atoms with E-state index in [2.05, 4.69) is 65.6 Å². The normalized spacial score (nSPS) is 18.9. The third-order valence-corrected chi connectivity index (χ3v) is 6.99. The number of hydrogen-bond donors (Lipinski definition) is 0. The molecule has 1 aliphatic rings. The van der Waals surface area contributed by atoms with Crippen LogP contribution < -0.4 is 0 Å². The standard InChI is InChI=1S/C30H26F3N/c31-30(32,33)27-18-16-26(17-19-27)29(25-14-8-3-9-15-25)20-21-34(22-29)28(23-10-4-1-5-11-23)24-12-6-2-7-13-24/h1-19,28H,20-22H2. The molecule has 1 nitrogen and oxygen atoms in total. The predicted molar refractivity (Wildman–Crippen MR) is 130 cm³/mol. The van der Waals surface area contributed by atoms with E-state index in [0.717, 1.165) is 30.6 Å². The molecule has 0 N–H and O–H groups in total. The van der Waals surface area contributed by atoms with Gasteiger partial charge in [0.15, 0.2) is 0 Å². The van der Waals surface area contributed by atoms with E-state index < -0.39 is 11.7 Å². The fourth-order valence-corrected chi connectivity index (χ4v) is 5.32. The molecule has 0 spiro atoms. The smallest absolute Gasteiger partial charge is 0.291 e. The van der Waals surface area contributed by atoms with Crippen LogP contribution in [0.15, 0.2) is 115 Å². The van der Waals surface area contributed by atoms with Crippen molar-refractivity contribution in [3.05, 3.63) is 143 Å². The van der Waals surface area contributed by atoms with Gasteiger partial charge in [0.25, 0.3) is 0 Å². The lowest BCUT2D eigenvalue weighted by molar-refractivity contribution is -0.137. The summed E-state index contributed by atoms with van der Waals surface area (Å²) < 4.78 is 39.8. The highest BCUT2D eigenvalue weighted by molar-refractivity contribution is 5.44. The lowest BCUT2D eigenvalue weighted by Crippen LogP contribution is -2.34. The lowest BCUT2D eigenvalue weighted by Gasteiger charge is -2.34. The Kier molecular flexibility index (Phi) is 6.01. The van der Waals surface area contributed by atoms with Gasteiger partial charge in [0, 0.05) is 18.5 Å². The molecular formula is C30H26F3N. The minimum atomic E-state index is -4.34. The number of likely N-dealkylation sites (tertiary alicyclic amines) is 1. The Morgan fingerprint density at radius 1 is 0.618 bits per heavy atom. The fourth-order valence-electron chi connectivity index (χ4n) is 5.32. The highest BCUT2D eigenvalue weighted by Crippen LogP contribution is 2.45. The van der Waals surface area contributed by atoms with Gasteiger partial charge in [0.1, 0.15) is 0 Å². The Hall–Kier alpha value is -3.37. The highest BCUT2D eigenvalue weighted by Gasteiger charge is 2.44. The monoisotopic (exact) mass is 457 g/mol. The number of halogens is 3. The van der Waals surface area contributed by atoms with Crippen LogP contribution in [0.2, 0.25) is 0 Å². The third kappa shape index (κ3) is 4.26. The van der Waals surface area contributed by atoms with Crippen molar-refractivity contribution in [3.8, 4) is 0 Å². The summed E-state index contributed by atoms with van der Waals surface area (Å²) in [7, 11) is 0. The van der Waals surface area contributed by atoms with Crippen molar-refractivity contribution in [2.45, 2.75) is 24.1 Å². The van der Waals surface area contributed by atoms with E-state index in [1.54, 1.807) is 12.1 Å². The van der Waals surface area contributed by atoms with Gasteiger partial charge < -0.3 is 0 Å². The zero-order chi connectivity index (χ0) is 23.6. The molecule has 4 aromatic carbocycles. The molecule has 1 saturated heterocycles. The van der Waals surface area contributed by atoms with Crippen molar-refractivity contribution >= 4 is 0 Å². The average molecular weight is 458 g/mol. The second kappa shape index (κ2) is 9.11. The largest absolute Gasteiger partial charge is 0.416 e. The number of alkyl halides is 3. The fraction of sp³-hybridized carbons (Fsp3) is 0.200. The van der Waals surface area contributed by atoms with Gasteiger partial charge in [0.05, 0.1) is 11.6 Å². The van der Waals surface area contributed by atoms with Crippen LogP contribution in [0.3, 0.4) is 0 Å². The van der Waals surface area contributed by atoms with E-state index in [-0.39, 0.29) is 11.5 Å². The number of rotatable bonds is 5. The minimum Gasteiger partial charge on any atom is -0.291 e. The molecule has 4 heteroatoms. The van der Waals surface area contributed by atoms with Crippen molar-refractivity contribution in [3.63, 3.8) is 0 Å². The van der Waals surface area contributed by atoms with Gasteiger partial charge in [-0.05, 0) is 40.8 Å². The number of benzene rings is 4. The van der Waals surface area contributed by atoms with Gasteiger partial charge in [-0.15, -0.1) is 0 Å². The molecule has 1 unspecified atom stereocenters. The molecular weight excluding hydrogens is 431 g/mol. The summed E-state index contributed by atoms with van der Waals surface area (Å²) >= 11 is 0. The van der Waals surface area contributed by atoms with Crippen LogP contribution in [0.1, 0.15) is 40.3 Å².